The Morgan fingerprint density at radius 1 is 0.508 bits per heavy atom. The highest BCUT2D eigenvalue weighted by Gasteiger charge is 2.26. The number of nitrogens with one attached hydrogen (secondary N) is 1. The van der Waals surface area contributed by atoms with E-state index in [1.807, 2.05) is 106 Å². The molecule has 20 nitrogen and oxygen atoms in total. The van der Waals surface area contributed by atoms with E-state index in [0.29, 0.717) is 123 Å². The predicted octanol–water partition coefficient (Wildman–Crippen LogP) is 2.03. The summed E-state index contributed by atoms with van der Waals surface area (Å²) in [4.78, 5) is 60.1. The first-order valence-corrected chi connectivity index (χ1v) is 22.4. The average Bonchev–Trinajstić information content (AvgIpc) is 3.19. The maximum Gasteiger partial charge on any atom is 0.320 e. The number of benzene rings is 1. The molecule has 1 N–H and O–H groups in total. The van der Waals surface area contributed by atoms with Crippen molar-refractivity contribution in [1.82, 2.24) is 45.3 Å². The van der Waals surface area contributed by atoms with Gasteiger partial charge in [-0.1, -0.05) is 0 Å². The van der Waals surface area contributed by atoms with Crippen LogP contribution < -0.4 is 10.1 Å². The molecule has 1 aliphatic heterocycles. The van der Waals surface area contributed by atoms with Crippen LogP contribution in [-0.4, -0.2) is 212 Å². The van der Waals surface area contributed by atoms with Gasteiger partial charge in [0.15, 0.2) is 5.82 Å². The number of hydrogen-bond donors (Lipinski definition) is 1. The summed E-state index contributed by atoms with van der Waals surface area (Å²) in [6.45, 7) is 25.0. The summed E-state index contributed by atoms with van der Waals surface area (Å²) in [6.07, 6.45) is 0. The highest BCUT2D eigenvalue weighted by molar-refractivity contribution is 5.78. The maximum atomic E-state index is 13.2. The molecule has 0 aliphatic carbocycles. The Morgan fingerprint density at radius 2 is 0.862 bits per heavy atom. The Bertz CT molecular complexity index is 1670. The minimum atomic E-state index is -0.649. The van der Waals surface area contributed by atoms with Gasteiger partial charge in [0.2, 0.25) is 11.7 Å². The molecular formula is C45H75N9O11. The minimum Gasteiger partial charge on any atom is -0.491 e. The van der Waals surface area contributed by atoms with Crippen LogP contribution in [0.5, 0.6) is 5.75 Å². The second-order valence-electron chi connectivity index (χ2n) is 18.7. The average molecular weight is 918 g/mol. The van der Waals surface area contributed by atoms with Crippen molar-refractivity contribution in [3.63, 3.8) is 0 Å². The van der Waals surface area contributed by atoms with Gasteiger partial charge < -0.3 is 38.5 Å². The summed E-state index contributed by atoms with van der Waals surface area (Å²) in [6, 6.07) is 7.35. The smallest absolute Gasteiger partial charge is 0.320 e. The number of hydrogen-bond acceptors (Lipinski definition) is 19. The SMILES string of the molecule is Cc1nnc(-c2ccc(OCCOCCOCCOCCNC(=O)CN3CCN(CC(=O)OC(C)(C)C)CCN(CC(=O)OC(C)(C)C)CCN(CC(=O)OC(C)(C)C)CC3)cc2)nn1. The van der Waals surface area contributed by atoms with Crippen LogP contribution in [0.1, 0.15) is 68.1 Å². The molecule has 20 heteroatoms. The van der Waals surface area contributed by atoms with Crippen molar-refractivity contribution in [2.45, 2.75) is 86.0 Å². The van der Waals surface area contributed by atoms with E-state index < -0.39 is 16.8 Å². The zero-order chi connectivity index (χ0) is 47.9. The van der Waals surface area contributed by atoms with Crippen LogP contribution in [-0.2, 0) is 47.6 Å². The number of carbonyl (C=O) groups excluding carboxylic acids is 4. The Labute approximate surface area is 385 Å². The Balaban J connectivity index is 1.43. The molecule has 0 bridgehead atoms. The number of nitrogens with zero attached hydrogens (tertiary/aromatic N) is 8. The third kappa shape index (κ3) is 26.3. The van der Waals surface area contributed by atoms with E-state index in [4.69, 9.17) is 33.2 Å². The predicted molar refractivity (Wildman–Crippen MR) is 242 cm³/mol. The molecule has 1 aromatic heterocycles. The number of ether oxygens (including phenoxy) is 7. The van der Waals surface area contributed by atoms with Crippen molar-refractivity contribution < 1.29 is 52.3 Å². The molecular weight excluding hydrogens is 843 g/mol. The van der Waals surface area contributed by atoms with Crippen molar-refractivity contribution in [2.75, 3.05) is 131 Å². The van der Waals surface area contributed by atoms with E-state index >= 15 is 0 Å². The van der Waals surface area contributed by atoms with Crippen molar-refractivity contribution >= 4 is 23.8 Å². The first-order valence-electron chi connectivity index (χ1n) is 22.4. The molecule has 0 atom stereocenters. The van der Waals surface area contributed by atoms with Crippen LogP contribution in [0.15, 0.2) is 24.3 Å². The fourth-order valence-corrected chi connectivity index (χ4v) is 6.26. The van der Waals surface area contributed by atoms with Crippen molar-refractivity contribution in [2.24, 2.45) is 0 Å². The van der Waals surface area contributed by atoms with Crippen molar-refractivity contribution in [3.05, 3.63) is 30.1 Å². The standard InChI is InChI=1S/C45H75N9O11/c1-35-47-49-42(50-48-35)36-11-13-37(14-12-36)62-30-29-61-28-27-60-26-25-59-24-15-46-38(55)31-51-16-18-52(32-39(56)63-43(2,3)4)20-22-54(34-41(58)65-45(8,9)10)23-21-53(19-17-51)33-40(57)64-44(5,6)7/h11-14H,15-34H2,1-10H3,(H,46,55). The van der Waals surface area contributed by atoms with E-state index in [0.717, 1.165) is 5.56 Å². The van der Waals surface area contributed by atoms with Gasteiger partial charge in [-0.2, -0.15) is 0 Å². The van der Waals surface area contributed by atoms with Gasteiger partial charge in [-0.15, -0.1) is 20.4 Å². The Hall–Kier alpha value is -4.44. The Morgan fingerprint density at radius 3 is 1.25 bits per heavy atom. The van der Waals surface area contributed by atoms with Crippen molar-refractivity contribution in [1.29, 1.82) is 0 Å². The molecule has 3 rings (SSSR count). The van der Waals surface area contributed by atoms with Gasteiger partial charge >= 0.3 is 17.9 Å². The summed E-state index contributed by atoms with van der Waals surface area (Å²) >= 11 is 0. The van der Waals surface area contributed by atoms with E-state index in [1.165, 1.54) is 0 Å². The molecule has 0 spiro atoms. The molecule has 366 valence electrons. The number of aryl methyl sites for hydroxylation is 1. The zero-order valence-corrected chi connectivity index (χ0v) is 40.5. The first kappa shape index (κ1) is 54.9. The minimum absolute atomic E-state index is 0.0467. The third-order valence-corrected chi connectivity index (χ3v) is 9.12. The lowest BCUT2D eigenvalue weighted by Gasteiger charge is -2.34. The fraction of sp³-hybridized carbons (Fsp3) is 0.733. The van der Waals surface area contributed by atoms with E-state index in [1.54, 1.807) is 6.92 Å². The first-order chi connectivity index (χ1) is 30.6. The molecule has 1 aromatic carbocycles. The van der Waals surface area contributed by atoms with Gasteiger partial charge in [-0.05, 0) is 93.5 Å². The van der Waals surface area contributed by atoms with Gasteiger partial charge in [0.05, 0.1) is 65.8 Å². The topological polar surface area (TPSA) is 209 Å². The molecule has 1 saturated heterocycles. The monoisotopic (exact) mass is 918 g/mol. The van der Waals surface area contributed by atoms with Crippen LogP contribution in [0, 0.1) is 6.92 Å². The second kappa shape index (κ2) is 27.9. The van der Waals surface area contributed by atoms with Crippen LogP contribution in [0.2, 0.25) is 0 Å². The van der Waals surface area contributed by atoms with Gasteiger partial charge in [-0.3, -0.25) is 38.8 Å². The summed E-state index contributed by atoms with van der Waals surface area (Å²) in [5, 5.41) is 18.9. The zero-order valence-electron chi connectivity index (χ0n) is 40.5. The number of rotatable bonds is 22. The highest BCUT2D eigenvalue weighted by Crippen LogP contribution is 2.18. The molecule has 1 amide bonds. The number of amides is 1. The maximum absolute atomic E-state index is 13.2. The lowest BCUT2D eigenvalue weighted by molar-refractivity contribution is -0.158. The van der Waals surface area contributed by atoms with Crippen LogP contribution >= 0.6 is 0 Å². The molecule has 0 saturated carbocycles. The quantitative estimate of drug-likeness (QED) is 0.102. The summed E-state index contributed by atoms with van der Waals surface area (Å²) in [7, 11) is 0. The molecule has 0 radical (unpaired) electrons. The number of aromatic nitrogens is 4. The van der Waals surface area contributed by atoms with Crippen LogP contribution in [0.25, 0.3) is 11.4 Å². The fourth-order valence-electron chi connectivity index (χ4n) is 6.26. The van der Waals surface area contributed by atoms with Gasteiger partial charge in [0, 0.05) is 64.5 Å². The number of carbonyl (C=O) groups is 4. The third-order valence-electron chi connectivity index (χ3n) is 9.12. The highest BCUT2D eigenvalue weighted by atomic mass is 16.6. The van der Waals surface area contributed by atoms with Crippen LogP contribution in [0.3, 0.4) is 0 Å². The summed E-state index contributed by atoms with van der Waals surface area (Å²) in [5.74, 6) is 0.403. The summed E-state index contributed by atoms with van der Waals surface area (Å²) in [5.41, 5.74) is -1.15. The lowest BCUT2D eigenvalue weighted by Crippen LogP contribution is -2.50. The summed E-state index contributed by atoms with van der Waals surface area (Å²) < 4.78 is 39.5. The van der Waals surface area contributed by atoms with Crippen molar-refractivity contribution in [3.8, 4) is 17.1 Å². The molecule has 1 aliphatic rings. The van der Waals surface area contributed by atoms with Crippen LogP contribution in [0.4, 0.5) is 0 Å². The van der Waals surface area contributed by atoms with E-state index in [9.17, 15) is 19.2 Å². The van der Waals surface area contributed by atoms with E-state index in [-0.39, 0.29) is 50.0 Å². The van der Waals surface area contributed by atoms with Gasteiger partial charge in [0.1, 0.15) is 29.2 Å². The molecule has 0 unspecified atom stereocenters. The second-order valence-corrected chi connectivity index (χ2v) is 18.7. The normalized spacial score (nSPS) is 15.7. The van der Waals surface area contributed by atoms with Gasteiger partial charge in [-0.25, -0.2) is 0 Å². The molecule has 2 aromatic rings. The molecule has 65 heavy (non-hydrogen) atoms. The largest absolute Gasteiger partial charge is 0.491 e. The Kier molecular flexibility index (Phi) is 23.6. The van der Waals surface area contributed by atoms with Gasteiger partial charge in [0.25, 0.3) is 0 Å². The number of esters is 3. The molecule has 2 heterocycles. The lowest BCUT2D eigenvalue weighted by atomic mass is 10.2. The molecule has 1 fully saturated rings. The van der Waals surface area contributed by atoms with E-state index in [2.05, 4.69) is 25.7 Å².